The van der Waals surface area contributed by atoms with Crippen molar-refractivity contribution in [2.45, 2.75) is 19.4 Å². The second kappa shape index (κ2) is 10.7. The number of nitrogens with zero attached hydrogens (tertiary/aromatic N) is 2. The molecule has 10 heteroatoms. The topological polar surface area (TPSA) is 84.7 Å². The monoisotopic (exact) mass is 576 g/mol. The molecule has 0 fully saturated rings. The molecule has 0 saturated heterocycles. The molecule has 0 unspecified atom stereocenters. The van der Waals surface area contributed by atoms with Gasteiger partial charge in [-0.05, 0) is 49.7 Å². The summed E-state index contributed by atoms with van der Waals surface area (Å²) in [4.78, 5) is 32.3. The molecule has 2 N–H and O–H groups in total. The maximum atomic E-state index is 13.5. The number of rotatable bonds is 7. The van der Waals surface area contributed by atoms with Crippen LogP contribution in [0.3, 0.4) is 0 Å². The second-order valence-electron chi connectivity index (χ2n) is 9.62. The van der Waals surface area contributed by atoms with Crippen LogP contribution in [0.4, 0.5) is 4.39 Å². The van der Waals surface area contributed by atoms with Gasteiger partial charge in [-0.1, -0.05) is 53.3 Å². The van der Waals surface area contributed by atoms with E-state index >= 15 is 0 Å². The van der Waals surface area contributed by atoms with Crippen molar-refractivity contribution in [2.24, 2.45) is 0 Å². The average Bonchev–Trinajstić information content (AvgIpc) is 3.51. The van der Waals surface area contributed by atoms with Crippen LogP contribution in [-0.2, 0) is 5.54 Å². The van der Waals surface area contributed by atoms with Crippen molar-refractivity contribution < 1.29 is 18.7 Å². The molecule has 204 valence electrons. The standard InChI is InChI=1S/C30H26ClFN4O3S/c1-30(2,18-8-6-5-7-9-18)35-27(37)21-14-20(22(31)15-23(21)39-4)24-16-36-26(28(38)33-3)25(34-29(36)40-24)17-10-12-19(32)13-11-17/h5-16H,1-4H3,(H,33,38)(H,35,37). The van der Waals surface area contributed by atoms with Crippen molar-refractivity contribution in [3.63, 3.8) is 0 Å². The normalized spacial score (nSPS) is 11.4. The second-order valence-corrected chi connectivity index (χ2v) is 11.0. The number of fused-ring (bicyclic) bond motifs is 1. The van der Waals surface area contributed by atoms with Crippen LogP contribution in [0.5, 0.6) is 5.75 Å². The number of imidazole rings is 1. The van der Waals surface area contributed by atoms with E-state index in [0.717, 1.165) is 5.56 Å². The maximum absolute atomic E-state index is 13.5. The highest BCUT2D eigenvalue weighted by molar-refractivity contribution is 7.20. The van der Waals surface area contributed by atoms with Crippen LogP contribution in [0, 0.1) is 5.82 Å². The molecule has 2 amide bonds. The molecule has 0 atom stereocenters. The van der Waals surface area contributed by atoms with Crippen LogP contribution in [-0.4, -0.2) is 35.4 Å². The highest BCUT2D eigenvalue weighted by atomic mass is 35.5. The summed E-state index contributed by atoms with van der Waals surface area (Å²) < 4.78 is 20.7. The number of methoxy groups -OCH3 is 1. The van der Waals surface area contributed by atoms with E-state index in [1.54, 1.807) is 34.9 Å². The van der Waals surface area contributed by atoms with Gasteiger partial charge in [0.2, 0.25) is 0 Å². The molecule has 0 aliphatic rings. The molecule has 2 aromatic heterocycles. The van der Waals surface area contributed by atoms with Gasteiger partial charge in [-0.25, -0.2) is 9.37 Å². The Kier molecular flexibility index (Phi) is 7.35. The van der Waals surface area contributed by atoms with E-state index in [1.165, 1.54) is 37.6 Å². The molecule has 0 aliphatic heterocycles. The zero-order valence-electron chi connectivity index (χ0n) is 22.2. The van der Waals surface area contributed by atoms with Crippen LogP contribution in [0.1, 0.15) is 40.3 Å². The summed E-state index contributed by atoms with van der Waals surface area (Å²) in [5.74, 6) is -0.717. The molecular weight excluding hydrogens is 551 g/mol. The quantitative estimate of drug-likeness (QED) is 0.230. The number of hydrogen-bond donors (Lipinski definition) is 2. The molecule has 0 saturated carbocycles. The van der Waals surface area contributed by atoms with Crippen LogP contribution >= 0.6 is 22.9 Å². The Bertz CT molecular complexity index is 1730. The Labute approximate surface area is 239 Å². The lowest BCUT2D eigenvalue weighted by molar-refractivity contribution is 0.0907. The van der Waals surface area contributed by atoms with Crippen LogP contribution in [0.15, 0.2) is 72.9 Å². The highest BCUT2D eigenvalue weighted by Gasteiger charge is 2.27. The van der Waals surface area contributed by atoms with E-state index in [9.17, 15) is 14.0 Å². The molecule has 5 aromatic rings. The minimum absolute atomic E-state index is 0.304. The first-order chi connectivity index (χ1) is 19.1. The largest absolute Gasteiger partial charge is 0.496 e. The van der Waals surface area contributed by atoms with E-state index in [2.05, 4.69) is 15.6 Å². The fraction of sp³-hybridized carbons (Fsp3) is 0.167. The van der Waals surface area contributed by atoms with E-state index < -0.39 is 5.54 Å². The van der Waals surface area contributed by atoms with Crippen LogP contribution in [0.2, 0.25) is 5.02 Å². The molecule has 5 rings (SSSR count). The Balaban J connectivity index is 1.57. The van der Waals surface area contributed by atoms with Crippen molar-refractivity contribution in [1.29, 1.82) is 0 Å². The van der Waals surface area contributed by atoms with Gasteiger partial charge in [-0.2, -0.15) is 0 Å². The number of thiazole rings is 1. The number of nitrogens with one attached hydrogen (secondary N) is 2. The number of aromatic nitrogens is 2. The first kappa shape index (κ1) is 27.4. The third-order valence-corrected chi connectivity index (χ3v) is 7.94. The third-order valence-electron chi connectivity index (χ3n) is 6.61. The van der Waals surface area contributed by atoms with Crippen molar-refractivity contribution in [2.75, 3.05) is 14.2 Å². The highest BCUT2D eigenvalue weighted by Crippen LogP contribution is 2.39. The van der Waals surface area contributed by atoms with Gasteiger partial charge in [0, 0.05) is 30.4 Å². The number of amides is 2. The molecule has 7 nitrogen and oxygen atoms in total. The first-order valence-electron chi connectivity index (χ1n) is 12.4. The van der Waals surface area contributed by atoms with Crippen LogP contribution < -0.4 is 15.4 Å². The van der Waals surface area contributed by atoms with Gasteiger partial charge in [0.05, 0.1) is 28.1 Å². The van der Waals surface area contributed by atoms with E-state index in [-0.39, 0.29) is 17.6 Å². The smallest absolute Gasteiger partial charge is 0.270 e. The van der Waals surface area contributed by atoms with Crippen molar-refractivity contribution >= 4 is 39.7 Å². The molecule has 3 aromatic carbocycles. The number of halogens is 2. The SMILES string of the molecule is CNC(=O)c1c(-c2ccc(F)cc2)nc2sc(-c3cc(C(=O)NC(C)(C)c4ccccc4)c(OC)cc3Cl)cn12. The lowest BCUT2D eigenvalue weighted by atomic mass is 9.93. The molecular formula is C30H26ClFN4O3S. The van der Waals surface area contributed by atoms with Gasteiger partial charge >= 0.3 is 0 Å². The zero-order valence-corrected chi connectivity index (χ0v) is 23.8. The molecule has 0 radical (unpaired) electrons. The molecule has 0 bridgehead atoms. The number of benzene rings is 3. The first-order valence-corrected chi connectivity index (χ1v) is 13.6. The van der Waals surface area contributed by atoms with Gasteiger partial charge in [0.15, 0.2) is 4.96 Å². The summed E-state index contributed by atoms with van der Waals surface area (Å²) in [6, 6.07) is 18.8. The molecule has 0 aliphatic carbocycles. The Morgan fingerprint density at radius 1 is 1.05 bits per heavy atom. The van der Waals surface area contributed by atoms with Gasteiger partial charge in [-0.15, -0.1) is 0 Å². The zero-order chi connectivity index (χ0) is 28.6. The number of carbonyl (C=O) groups excluding carboxylic acids is 2. The molecule has 40 heavy (non-hydrogen) atoms. The maximum Gasteiger partial charge on any atom is 0.270 e. The fourth-order valence-corrected chi connectivity index (χ4v) is 5.81. The van der Waals surface area contributed by atoms with E-state index in [4.69, 9.17) is 16.3 Å². The summed E-state index contributed by atoms with van der Waals surface area (Å²) in [5, 5.41) is 6.12. The molecule has 0 spiro atoms. The predicted molar refractivity (Wildman–Crippen MR) is 156 cm³/mol. The van der Waals surface area contributed by atoms with Crippen molar-refractivity contribution in [3.05, 3.63) is 101 Å². The summed E-state index contributed by atoms with van der Waals surface area (Å²) in [6.07, 6.45) is 1.76. The van der Waals surface area contributed by atoms with Gasteiger partial charge < -0.3 is 15.4 Å². The fourth-order valence-electron chi connectivity index (χ4n) is 4.48. The number of hydrogen-bond acceptors (Lipinski definition) is 5. The van der Waals surface area contributed by atoms with Gasteiger partial charge in [0.25, 0.3) is 11.8 Å². The van der Waals surface area contributed by atoms with Crippen LogP contribution in [0.25, 0.3) is 26.7 Å². The summed E-state index contributed by atoms with van der Waals surface area (Å²) in [5.41, 5.74) is 2.56. The average molecular weight is 577 g/mol. The minimum Gasteiger partial charge on any atom is -0.496 e. The van der Waals surface area contributed by atoms with E-state index in [1.807, 2.05) is 44.2 Å². The van der Waals surface area contributed by atoms with Crippen molar-refractivity contribution in [1.82, 2.24) is 20.0 Å². The van der Waals surface area contributed by atoms with E-state index in [0.29, 0.717) is 48.7 Å². The lowest BCUT2D eigenvalue weighted by Crippen LogP contribution is -2.41. The third kappa shape index (κ3) is 5.05. The Morgan fingerprint density at radius 3 is 2.40 bits per heavy atom. The predicted octanol–water partition coefficient (Wildman–Crippen LogP) is 6.56. The van der Waals surface area contributed by atoms with Gasteiger partial charge in [-0.3, -0.25) is 14.0 Å². The summed E-state index contributed by atoms with van der Waals surface area (Å²) in [7, 11) is 3.02. The lowest BCUT2D eigenvalue weighted by Gasteiger charge is -2.27. The number of ether oxygens (including phenoxy) is 1. The van der Waals surface area contributed by atoms with Crippen molar-refractivity contribution in [3.8, 4) is 27.4 Å². The number of carbonyl (C=O) groups is 2. The minimum atomic E-state index is -0.647. The summed E-state index contributed by atoms with van der Waals surface area (Å²) in [6.45, 7) is 3.85. The summed E-state index contributed by atoms with van der Waals surface area (Å²) >= 11 is 7.97. The molecule has 2 heterocycles. The Morgan fingerprint density at radius 2 is 1.75 bits per heavy atom. The Hall–Kier alpha value is -4.21. The van der Waals surface area contributed by atoms with Gasteiger partial charge in [0.1, 0.15) is 23.0 Å².